The molecule has 0 heterocycles. The van der Waals surface area contributed by atoms with E-state index in [9.17, 15) is 0 Å². The van der Waals surface area contributed by atoms with Gasteiger partial charge in [-0.05, 0) is 74.9 Å². The van der Waals surface area contributed by atoms with Crippen molar-refractivity contribution in [2.75, 3.05) is 19.6 Å². The maximum absolute atomic E-state index is 5.93. The minimum absolute atomic E-state index is 0.740. The van der Waals surface area contributed by atoms with E-state index >= 15 is 0 Å². The lowest BCUT2D eigenvalue weighted by Crippen LogP contribution is -2.36. The minimum Gasteiger partial charge on any atom is -0.330 e. The molecule has 0 saturated heterocycles. The summed E-state index contributed by atoms with van der Waals surface area (Å²) in [5.41, 5.74) is 17.3. The van der Waals surface area contributed by atoms with Crippen molar-refractivity contribution in [1.82, 2.24) is 0 Å². The van der Waals surface area contributed by atoms with Crippen LogP contribution in [0, 0.1) is 29.6 Å². The summed E-state index contributed by atoms with van der Waals surface area (Å²) in [6.07, 6.45) is 5.19. The molecule has 0 aromatic rings. The largest absolute Gasteiger partial charge is 0.330 e. The molecule has 3 nitrogen and oxygen atoms in total. The van der Waals surface area contributed by atoms with Crippen molar-refractivity contribution in [3.05, 3.63) is 0 Å². The molecule has 2 bridgehead atoms. The molecule has 2 rings (SSSR count). The Morgan fingerprint density at radius 3 is 2.33 bits per heavy atom. The van der Waals surface area contributed by atoms with Crippen LogP contribution in [0.1, 0.15) is 25.7 Å². The van der Waals surface area contributed by atoms with Crippen LogP contribution in [0.3, 0.4) is 0 Å². The Hall–Kier alpha value is -0.120. The average Bonchev–Trinajstić information content (AvgIpc) is 2.82. The number of fused-ring (bicyclic) bond motifs is 2. The van der Waals surface area contributed by atoms with Crippen molar-refractivity contribution in [2.24, 2.45) is 46.8 Å². The molecule has 2 aliphatic carbocycles. The van der Waals surface area contributed by atoms with Crippen molar-refractivity contribution in [3.63, 3.8) is 0 Å². The molecule has 3 heteroatoms. The molecular weight excluding hydrogens is 186 g/mol. The lowest BCUT2D eigenvalue weighted by molar-refractivity contribution is 0.161. The van der Waals surface area contributed by atoms with Crippen molar-refractivity contribution < 1.29 is 0 Å². The van der Waals surface area contributed by atoms with Gasteiger partial charge < -0.3 is 17.2 Å². The van der Waals surface area contributed by atoms with Gasteiger partial charge in [0.05, 0.1) is 0 Å². The zero-order chi connectivity index (χ0) is 10.8. The molecule has 5 unspecified atom stereocenters. The fourth-order valence-electron chi connectivity index (χ4n) is 4.17. The molecule has 5 atom stereocenters. The summed E-state index contributed by atoms with van der Waals surface area (Å²) in [6, 6.07) is 0. The quantitative estimate of drug-likeness (QED) is 0.621. The summed E-state index contributed by atoms with van der Waals surface area (Å²) in [6.45, 7) is 2.54. The first-order valence-corrected chi connectivity index (χ1v) is 6.42. The Morgan fingerprint density at radius 2 is 1.73 bits per heavy atom. The van der Waals surface area contributed by atoms with E-state index in [0.717, 1.165) is 55.6 Å². The van der Waals surface area contributed by atoms with E-state index < -0.39 is 0 Å². The lowest BCUT2D eigenvalue weighted by Gasteiger charge is -2.34. The number of hydrogen-bond donors (Lipinski definition) is 3. The average molecular weight is 211 g/mol. The highest BCUT2D eigenvalue weighted by atomic mass is 14.7. The normalized spacial score (nSPS) is 43.8. The van der Waals surface area contributed by atoms with Crippen LogP contribution in [0.4, 0.5) is 0 Å². The standard InChI is InChI=1S/C12H25N3/c13-3-1-2-10-8-4-9(6-14)11(5-8)12(10)7-15/h8-12H,1-7,13-15H2. The van der Waals surface area contributed by atoms with Crippen LogP contribution in [-0.4, -0.2) is 19.6 Å². The zero-order valence-electron chi connectivity index (χ0n) is 9.57. The van der Waals surface area contributed by atoms with Crippen molar-refractivity contribution in [1.29, 1.82) is 0 Å². The van der Waals surface area contributed by atoms with Crippen LogP contribution in [0.15, 0.2) is 0 Å². The molecule has 88 valence electrons. The summed E-state index contributed by atoms with van der Waals surface area (Å²) in [7, 11) is 0. The van der Waals surface area contributed by atoms with E-state index in [1.165, 1.54) is 19.3 Å². The molecule has 2 aliphatic rings. The predicted octanol–water partition coefficient (Wildman–Crippen LogP) is 0.531. The fraction of sp³-hybridized carbons (Fsp3) is 1.00. The second-order valence-electron chi connectivity index (χ2n) is 5.39. The third-order valence-electron chi connectivity index (χ3n) is 4.81. The molecular formula is C12H25N3. The van der Waals surface area contributed by atoms with Gasteiger partial charge in [-0.2, -0.15) is 0 Å². The molecule has 15 heavy (non-hydrogen) atoms. The Balaban J connectivity index is 1.97. The summed E-state index contributed by atoms with van der Waals surface area (Å²) in [4.78, 5) is 0. The second kappa shape index (κ2) is 4.81. The Morgan fingerprint density at radius 1 is 0.933 bits per heavy atom. The highest BCUT2D eigenvalue weighted by Crippen LogP contribution is 2.55. The van der Waals surface area contributed by atoms with E-state index in [2.05, 4.69) is 0 Å². The maximum atomic E-state index is 5.93. The van der Waals surface area contributed by atoms with Gasteiger partial charge in [-0.25, -0.2) is 0 Å². The number of hydrogen-bond acceptors (Lipinski definition) is 3. The third-order valence-corrected chi connectivity index (χ3v) is 4.81. The Bertz CT molecular complexity index is 207. The molecule has 0 amide bonds. The van der Waals surface area contributed by atoms with Crippen molar-refractivity contribution in [2.45, 2.75) is 25.7 Å². The Kier molecular flexibility index (Phi) is 3.65. The number of nitrogens with two attached hydrogens (primary N) is 3. The second-order valence-corrected chi connectivity index (χ2v) is 5.39. The molecule has 0 radical (unpaired) electrons. The first-order chi connectivity index (χ1) is 7.31. The topological polar surface area (TPSA) is 78.1 Å². The first-order valence-electron chi connectivity index (χ1n) is 6.42. The van der Waals surface area contributed by atoms with E-state index in [0.29, 0.717) is 0 Å². The Labute approximate surface area is 92.8 Å². The predicted molar refractivity (Wildman–Crippen MR) is 63.1 cm³/mol. The summed E-state index contributed by atoms with van der Waals surface area (Å²) < 4.78 is 0. The molecule has 0 aromatic carbocycles. The van der Waals surface area contributed by atoms with Crippen molar-refractivity contribution in [3.8, 4) is 0 Å². The minimum atomic E-state index is 0.740. The number of rotatable bonds is 5. The summed E-state index contributed by atoms with van der Waals surface area (Å²) in [5.74, 6) is 4.09. The van der Waals surface area contributed by atoms with Gasteiger partial charge in [0.1, 0.15) is 0 Å². The molecule has 0 aliphatic heterocycles. The molecule has 0 aromatic heterocycles. The van der Waals surface area contributed by atoms with Crippen LogP contribution in [0.25, 0.3) is 0 Å². The SMILES string of the molecule is NCCCC1C2CC(CN)C(C2)C1CN. The molecule has 2 saturated carbocycles. The van der Waals surface area contributed by atoms with Crippen LogP contribution < -0.4 is 17.2 Å². The van der Waals surface area contributed by atoms with Crippen LogP contribution in [0.2, 0.25) is 0 Å². The fourth-order valence-corrected chi connectivity index (χ4v) is 4.17. The molecule has 0 spiro atoms. The van der Waals surface area contributed by atoms with Gasteiger partial charge in [-0.3, -0.25) is 0 Å². The smallest absolute Gasteiger partial charge is 0.00433 e. The van der Waals surface area contributed by atoms with Gasteiger partial charge >= 0.3 is 0 Å². The van der Waals surface area contributed by atoms with E-state index in [-0.39, 0.29) is 0 Å². The summed E-state index contributed by atoms with van der Waals surface area (Å²) in [5, 5.41) is 0. The van der Waals surface area contributed by atoms with Crippen LogP contribution >= 0.6 is 0 Å². The van der Waals surface area contributed by atoms with Gasteiger partial charge in [0, 0.05) is 0 Å². The van der Waals surface area contributed by atoms with Gasteiger partial charge in [-0.15, -0.1) is 0 Å². The van der Waals surface area contributed by atoms with Crippen LogP contribution in [-0.2, 0) is 0 Å². The van der Waals surface area contributed by atoms with Gasteiger partial charge in [-0.1, -0.05) is 0 Å². The third kappa shape index (κ3) is 1.93. The van der Waals surface area contributed by atoms with Crippen LogP contribution in [0.5, 0.6) is 0 Å². The molecule has 2 fully saturated rings. The van der Waals surface area contributed by atoms with Gasteiger partial charge in [0.2, 0.25) is 0 Å². The molecule has 6 N–H and O–H groups in total. The van der Waals surface area contributed by atoms with Gasteiger partial charge in [0.25, 0.3) is 0 Å². The monoisotopic (exact) mass is 211 g/mol. The highest BCUT2D eigenvalue weighted by molar-refractivity contribution is 5.00. The lowest BCUT2D eigenvalue weighted by atomic mass is 9.72. The zero-order valence-corrected chi connectivity index (χ0v) is 9.57. The van der Waals surface area contributed by atoms with E-state index in [4.69, 9.17) is 17.2 Å². The van der Waals surface area contributed by atoms with E-state index in [1.807, 2.05) is 0 Å². The van der Waals surface area contributed by atoms with E-state index in [1.54, 1.807) is 0 Å². The first kappa shape index (κ1) is 11.4. The highest BCUT2D eigenvalue weighted by Gasteiger charge is 2.50. The summed E-state index contributed by atoms with van der Waals surface area (Å²) >= 11 is 0. The van der Waals surface area contributed by atoms with Gasteiger partial charge in [0.15, 0.2) is 0 Å². The maximum Gasteiger partial charge on any atom is -0.00433 e. The van der Waals surface area contributed by atoms with Crippen molar-refractivity contribution >= 4 is 0 Å².